The monoisotopic (exact) mass is 430 g/mol. The number of hydrogen-bond donors (Lipinski definition) is 1. The van der Waals surface area contributed by atoms with Crippen LogP contribution in [0.4, 0.5) is 5.69 Å². The predicted molar refractivity (Wildman–Crippen MR) is 105 cm³/mol. The van der Waals surface area contributed by atoms with Crippen LogP contribution in [0.1, 0.15) is 22.8 Å². The van der Waals surface area contributed by atoms with Crippen LogP contribution in [0.2, 0.25) is 0 Å². The van der Waals surface area contributed by atoms with Crippen molar-refractivity contribution in [1.82, 2.24) is 5.32 Å². The van der Waals surface area contributed by atoms with E-state index in [9.17, 15) is 14.4 Å². The van der Waals surface area contributed by atoms with E-state index < -0.39 is 5.97 Å². The zero-order valence-corrected chi connectivity index (χ0v) is 16.4. The van der Waals surface area contributed by atoms with Crippen LogP contribution in [-0.4, -0.2) is 37.0 Å². The van der Waals surface area contributed by atoms with E-state index >= 15 is 0 Å². The standard InChI is InChI=1S/C20H19BrN2O4/c1-13-10-15-4-2-3-5-17(15)23(13)18(24)12-27-19(25)11-22-20(26)14-6-8-16(21)9-7-14/h2-9,13H,10-12H2,1H3,(H,22,26)/t13-/m0/s1. The second-order valence-corrected chi connectivity index (χ2v) is 7.21. The number of carbonyl (C=O) groups excluding carboxylic acids is 3. The van der Waals surface area contributed by atoms with Gasteiger partial charge in [-0.1, -0.05) is 34.1 Å². The number of hydrogen-bond acceptors (Lipinski definition) is 4. The lowest BCUT2D eigenvalue weighted by atomic mass is 10.1. The van der Waals surface area contributed by atoms with Crippen LogP contribution in [0.15, 0.2) is 53.0 Å². The highest BCUT2D eigenvalue weighted by atomic mass is 79.9. The summed E-state index contributed by atoms with van der Waals surface area (Å²) in [5.41, 5.74) is 2.39. The highest BCUT2D eigenvalue weighted by molar-refractivity contribution is 9.10. The Morgan fingerprint density at radius 2 is 1.85 bits per heavy atom. The quantitative estimate of drug-likeness (QED) is 0.739. The SMILES string of the molecule is C[C@H]1Cc2ccccc2N1C(=O)COC(=O)CNC(=O)c1ccc(Br)cc1. The number of amides is 2. The molecular weight excluding hydrogens is 412 g/mol. The van der Waals surface area contributed by atoms with E-state index in [1.807, 2.05) is 31.2 Å². The van der Waals surface area contributed by atoms with Gasteiger partial charge in [0.1, 0.15) is 6.54 Å². The topological polar surface area (TPSA) is 75.7 Å². The van der Waals surface area contributed by atoms with Gasteiger partial charge in [-0.05, 0) is 49.2 Å². The molecule has 0 spiro atoms. The van der Waals surface area contributed by atoms with Crippen LogP contribution >= 0.6 is 15.9 Å². The molecular formula is C20H19BrN2O4. The van der Waals surface area contributed by atoms with Crippen LogP contribution in [0.5, 0.6) is 0 Å². The van der Waals surface area contributed by atoms with Crippen molar-refractivity contribution in [2.45, 2.75) is 19.4 Å². The molecule has 0 bridgehead atoms. The van der Waals surface area contributed by atoms with Gasteiger partial charge in [-0.3, -0.25) is 14.4 Å². The summed E-state index contributed by atoms with van der Waals surface area (Å²) in [6, 6.07) is 14.5. The lowest BCUT2D eigenvalue weighted by molar-refractivity contribution is -0.146. The third-order valence-electron chi connectivity index (χ3n) is 4.33. The first-order valence-corrected chi connectivity index (χ1v) is 9.34. The number of halogens is 1. The van der Waals surface area contributed by atoms with Gasteiger partial charge >= 0.3 is 5.97 Å². The Balaban J connectivity index is 1.48. The number of anilines is 1. The summed E-state index contributed by atoms with van der Waals surface area (Å²) in [4.78, 5) is 38.0. The molecule has 1 aliphatic heterocycles. The van der Waals surface area contributed by atoms with Gasteiger partial charge in [-0.2, -0.15) is 0 Å². The predicted octanol–water partition coefficient (Wildman–Crippen LogP) is 2.70. The van der Waals surface area contributed by atoms with Gasteiger partial charge in [-0.15, -0.1) is 0 Å². The van der Waals surface area contributed by atoms with Crippen LogP contribution in [0.25, 0.3) is 0 Å². The molecule has 0 fully saturated rings. The maximum absolute atomic E-state index is 12.5. The van der Waals surface area contributed by atoms with Crippen LogP contribution in [-0.2, 0) is 20.7 Å². The van der Waals surface area contributed by atoms with Crippen molar-refractivity contribution in [3.63, 3.8) is 0 Å². The Kier molecular flexibility index (Phi) is 5.91. The number of fused-ring (bicyclic) bond motifs is 1. The maximum atomic E-state index is 12.5. The second-order valence-electron chi connectivity index (χ2n) is 6.30. The molecule has 140 valence electrons. The van der Waals surface area contributed by atoms with Crippen LogP contribution in [0, 0.1) is 0 Å². The molecule has 0 unspecified atom stereocenters. The molecule has 2 amide bonds. The summed E-state index contributed by atoms with van der Waals surface area (Å²) >= 11 is 3.29. The minimum atomic E-state index is -0.658. The molecule has 0 aromatic heterocycles. The average molecular weight is 431 g/mol. The minimum Gasteiger partial charge on any atom is -0.454 e. The van der Waals surface area contributed by atoms with Crippen molar-refractivity contribution in [2.24, 2.45) is 0 Å². The Labute approximate surface area is 165 Å². The lowest BCUT2D eigenvalue weighted by Gasteiger charge is -2.22. The number of carbonyl (C=O) groups is 3. The van der Waals surface area contributed by atoms with E-state index in [0.29, 0.717) is 5.56 Å². The highest BCUT2D eigenvalue weighted by Gasteiger charge is 2.30. The van der Waals surface area contributed by atoms with Crippen molar-refractivity contribution in [2.75, 3.05) is 18.1 Å². The molecule has 6 nitrogen and oxygen atoms in total. The van der Waals surface area contributed by atoms with Crippen molar-refractivity contribution in [1.29, 1.82) is 0 Å². The second kappa shape index (κ2) is 8.35. The Morgan fingerprint density at radius 1 is 1.15 bits per heavy atom. The minimum absolute atomic E-state index is 0.0192. The summed E-state index contributed by atoms with van der Waals surface area (Å²) in [5.74, 6) is -1.32. The highest BCUT2D eigenvalue weighted by Crippen LogP contribution is 2.31. The molecule has 7 heteroatoms. The smallest absolute Gasteiger partial charge is 0.325 e. The fraction of sp³-hybridized carbons (Fsp3) is 0.250. The fourth-order valence-corrected chi connectivity index (χ4v) is 3.33. The first-order valence-electron chi connectivity index (χ1n) is 8.55. The largest absolute Gasteiger partial charge is 0.454 e. The average Bonchev–Trinajstić information content (AvgIpc) is 3.00. The van der Waals surface area contributed by atoms with Gasteiger partial charge in [0.05, 0.1) is 0 Å². The van der Waals surface area contributed by atoms with E-state index in [4.69, 9.17) is 4.74 Å². The number of esters is 1. The molecule has 0 saturated heterocycles. The van der Waals surface area contributed by atoms with E-state index in [2.05, 4.69) is 21.2 Å². The number of benzene rings is 2. The van der Waals surface area contributed by atoms with Crippen molar-refractivity contribution >= 4 is 39.4 Å². The zero-order chi connectivity index (χ0) is 19.4. The Bertz CT molecular complexity index is 867. The van der Waals surface area contributed by atoms with Gasteiger partial charge in [-0.25, -0.2) is 0 Å². The molecule has 1 aliphatic rings. The molecule has 1 N–H and O–H groups in total. The maximum Gasteiger partial charge on any atom is 0.325 e. The molecule has 1 atom stereocenters. The van der Waals surface area contributed by atoms with E-state index in [1.54, 1.807) is 29.2 Å². The Morgan fingerprint density at radius 3 is 2.59 bits per heavy atom. The van der Waals surface area contributed by atoms with E-state index in [-0.39, 0.29) is 31.0 Å². The third-order valence-corrected chi connectivity index (χ3v) is 4.86. The molecule has 27 heavy (non-hydrogen) atoms. The first-order chi connectivity index (χ1) is 13.0. The number of nitrogens with one attached hydrogen (secondary N) is 1. The molecule has 0 aliphatic carbocycles. The number of rotatable bonds is 5. The summed E-state index contributed by atoms with van der Waals surface area (Å²) in [7, 11) is 0. The molecule has 1 heterocycles. The first kappa shape index (κ1) is 19.1. The van der Waals surface area contributed by atoms with Gasteiger partial charge < -0.3 is 15.0 Å². The van der Waals surface area contributed by atoms with Gasteiger partial charge in [0.15, 0.2) is 6.61 Å². The molecule has 0 radical (unpaired) electrons. The molecule has 2 aromatic rings. The van der Waals surface area contributed by atoms with Crippen molar-refractivity contribution in [3.05, 3.63) is 64.1 Å². The van der Waals surface area contributed by atoms with E-state index in [1.165, 1.54) is 0 Å². The van der Waals surface area contributed by atoms with Crippen LogP contribution in [0.3, 0.4) is 0 Å². The Hall–Kier alpha value is -2.67. The summed E-state index contributed by atoms with van der Waals surface area (Å²) in [6.07, 6.45) is 0.777. The molecule has 2 aromatic carbocycles. The van der Waals surface area contributed by atoms with E-state index in [0.717, 1.165) is 22.1 Å². The summed E-state index contributed by atoms with van der Waals surface area (Å²) in [5, 5.41) is 2.48. The molecule has 3 rings (SSSR count). The normalized spacial score (nSPS) is 15.2. The summed E-state index contributed by atoms with van der Waals surface area (Å²) in [6.45, 7) is 1.30. The number of ether oxygens (including phenoxy) is 1. The van der Waals surface area contributed by atoms with Crippen molar-refractivity contribution in [3.8, 4) is 0 Å². The fourth-order valence-electron chi connectivity index (χ4n) is 3.06. The zero-order valence-electron chi connectivity index (χ0n) is 14.8. The van der Waals surface area contributed by atoms with Gasteiger partial charge in [0.25, 0.3) is 11.8 Å². The van der Waals surface area contributed by atoms with Gasteiger partial charge in [0.2, 0.25) is 0 Å². The third kappa shape index (κ3) is 4.54. The number of nitrogens with zero attached hydrogens (tertiary/aromatic N) is 1. The van der Waals surface area contributed by atoms with Gasteiger partial charge in [0, 0.05) is 21.8 Å². The number of para-hydroxylation sites is 1. The molecule has 0 saturated carbocycles. The van der Waals surface area contributed by atoms with Crippen LogP contribution < -0.4 is 10.2 Å². The lowest BCUT2D eigenvalue weighted by Crippen LogP contribution is -2.39. The van der Waals surface area contributed by atoms with Crippen molar-refractivity contribution < 1.29 is 19.1 Å². The summed E-state index contributed by atoms with van der Waals surface area (Å²) < 4.78 is 5.89.